The molecule has 1 amide bonds. The summed E-state index contributed by atoms with van der Waals surface area (Å²) in [5.41, 5.74) is -1.86. The summed E-state index contributed by atoms with van der Waals surface area (Å²) in [5.74, 6) is -3.66. The Morgan fingerprint density at radius 1 is 0.897 bits per heavy atom. The van der Waals surface area contributed by atoms with Gasteiger partial charge in [0, 0.05) is 6.07 Å². The highest BCUT2D eigenvalue weighted by molar-refractivity contribution is 5.94. The van der Waals surface area contributed by atoms with Crippen molar-refractivity contribution in [2.75, 3.05) is 11.9 Å². The predicted molar refractivity (Wildman–Crippen MR) is 102 cm³/mol. The average Bonchev–Trinajstić information content (AvgIpc) is 2.74. The molecule has 0 spiro atoms. The SMILES string of the molecule is O=C(COC(=O)C(O)(c1ccccc1)c1ccccc1)Nc1ccc(F)cc1F. The van der Waals surface area contributed by atoms with Gasteiger partial charge >= 0.3 is 5.97 Å². The van der Waals surface area contributed by atoms with Gasteiger partial charge in [-0.2, -0.15) is 0 Å². The highest BCUT2D eigenvalue weighted by atomic mass is 19.1. The number of ether oxygens (including phenoxy) is 1. The minimum absolute atomic E-state index is 0.256. The van der Waals surface area contributed by atoms with Gasteiger partial charge in [-0.15, -0.1) is 0 Å². The second kappa shape index (κ2) is 8.62. The number of rotatable bonds is 6. The fraction of sp³-hybridized carbons (Fsp3) is 0.0909. The zero-order chi connectivity index (χ0) is 20.9. The molecule has 0 aliphatic carbocycles. The lowest BCUT2D eigenvalue weighted by molar-refractivity contribution is -0.163. The number of nitrogens with one attached hydrogen (secondary N) is 1. The minimum atomic E-state index is -2.13. The largest absolute Gasteiger partial charge is 0.453 e. The minimum Gasteiger partial charge on any atom is -0.453 e. The Labute approximate surface area is 165 Å². The molecule has 0 aromatic heterocycles. The molecule has 0 radical (unpaired) electrons. The zero-order valence-corrected chi connectivity index (χ0v) is 15.1. The summed E-state index contributed by atoms with van der Waals surface area (Å²) in [5, 5.41) is 13.4. The normalized spacial score (nSPS) is 11.0. The number of anilines is 1. The molecule has 29 heavy (non-hydrogen) atoms. The molecular weight excluding hydrogens is 380 g/mol. The lowest BCUT2D eigenvalue weighted by Gasteiger charge is -2.26. The lowest BCUT2D eigenvalue weighted by atomic mass is 9.86. The first kappa shape index (κ1) is 20.2. The smallest absolute Gasteiger partial charge is 0.348 e. The monoisotopic (exact) mass is 397 g/mol. The van der Waals surface area contributed by atoms with Crippen LogP contribution in [0.1, 0.15) is 11.1 Å². The highest BCUT2D eigenvalue weighted by Gasteiger charge is 2.41. The molecule has 0 saturated carbocycles. The zero-order valence-electron chi connectivity index (χ0n) is 15.1. The Bertz CT molecular complexity index is 970. The molecule has 5 nitrogen and oxygen atoms in total. The highest BCUT2D eigenvalue weighted by Crippen LogP contribution is 2.31. The number of aliphatic hydroxyl groups is 1. The quantitative estimate of drug-likeness (QED) is 0.626. The van der Waals surface area contributed by atoms with Gasteiger partial charge in [0.25, 0.3) is 5.91 Å². The van der Waals surface area contributed by atoms with Crippen molar-refractivity contribution in [2.24, 2.45) is 0 Å². The lowest BCUT2D eigenvalue weighted by Crippen LogP contribution is -2.39. The van der Waals surface area contributed by atoms with Crippen molar-refractivity contribution >= 4 is 17.6 Å². The van der Waals surface area contributed by atoms with E-state index in [4.69, 9.17) is 4.74 Å². The van der Waals surface area contributed by atoms with E-state index in [1.807, 2.05) is 0 Å². The molecule has 0 heterocycles. The van der Waals surface area contributed by atoms with Crippen molar-refractivity contribution in [3.05, 3.63) is 102 Å². The maximum absolute atomic E-state index is 13.6. The number of benzene rings is 3. The first-order valence-electron chi connectivity index (χ1n) is 8.67. The summed E-state index contributed by atoms with van der Waals surface area (Å²) in [6, 6.07) is 18.9. The van der Waals surface area contributed by atoms with Crippen LogP contribution < -0.4 is 5.32 Å². The van der Waals surface area contributed by atoms with E-state index in [9.17, 15) is 23.5 Å². The predicted octanol–water partition coefficient (Wildman–Crippen LogP) is 3.38. The molecule has 7 heteroatoms. The van der Waals surface area contributed by atoms with Crippen LogP contribution in [0.4, 0.5) is 14.5 Å². The van der Waals surface area contributed by atoms with Gasteiger partial charge in [0.15, 0.2) is 6.61 Å². The molecule has 148 valence electrons. The molecule has 0 saturated heterocycles. The van der Waals surface area contributed by atoms with Crippen LogP contribution in [0.2, 0.25) is 0 Å². The maximum atomic E-state index is 13.6. The van der Waals surface area contributed by atoms with Crippen LogP contribution in [0.25, 0.3) is 0 Å². The topological polar surface area (TPSA) is 75.6 Å². The van der Waals surface area contributed by atoms with Crippen molar-refractivity contribution in [1.82, 2.24) is 0 Å². The van der Waals surface area contributed by atoms with Gasteiger partial charge in [0.2, 0.25) is 5.60 Å². The van der Waals surface area contributed by atoms with Crippen molar-refractivity contribution in [3.63, 3.8) is 0 Å². The molecule has 3 aromatic rings. The molecule has 3 rings (SSSR count). The van der Waals surface area contributed by atoms with Crippen LogP contribution >= 0.6 is 0 Å². The number of halogens is 2. The van der Waals surface area contributed by atoms with Gasteiger partial charge in [-0.05, 0) is 23.3 Å². The third-order valence-electron chi connectivity index (χ3n) is 4.22. The average molecular weight is 397 g/mol. The third kappa shape index (κ3) is 4.47. The Morgan fingerprint density at radius 3 is 1.97 bits per heavy atom. The summed E-state index contributed by atoms with van der Waals surface area (Å²) >= 11 is 0. The number of amides is 1. The molecule has 2 N–H and O–H groups in total. The fourth-order valence-corrected chi connectivity index (χ4v) is 2.77. The molecule has 3 aromatic carbocycles. The molecule has 0 unspecified atom stereocenters. The third-order valence-corrected chi connectivity index (χ3v) is 4.22. The Balaban J connectivity index is 1.76. The second-order valence-corrected chi connectivity index (χ2v) is 6.19. The number of hydrogen-bond acceptors (Lipinski definition) is 4. The molecule has 0 fully saturated rings. The van der Waals surface area contributed by atoms with Gasteiger partial charge in [-0.25, -0.2) is 13.6 Å². The number of carbonyl (C=O) groups is 2. The Hall–Kier alpha value is -3.58. The summed E-state index contributed by atoms with van der Waals surface area (Å²) in [7, 11) is 0. The van der Waals surface area contributed by atoms with Gasteiger partial charge in [0.05, 0.1) is 5.69 Å². The van der Waals surface area contributed by atoms with Crippen molar-refractivity contribution in [1.29, 1.82) is 0 Å². The van der Waals surface area contributed by atoms with Gasteiger partial charge in [0.1, 0.15) is 11.6 Å². The van der Waals surface area contributed by atoms with Crippen molar-refractivity contribution in [2.45, 2.75) is 5.60 Å². The molecule has 0 aliphatic rings. The van der Waals surface area contributed by atoms with Crippen LogP contribution in [-0.4, -0.2) is 23.6 Å². The summed E-state index contributed by atoms with van der Waals surface area (Å²) < 4.78 is 31.6. The van der Waals surface area contributed by atoms with E-state index < -0.39 is 35.7 Å². The van der Waals surface area contributed by atoms with E-state index in [0.29, 0.717) is 6.07 Å². The van der Waals surface area contributed by atoms with E-state index in [0.717, 1.165) is 12.1 Å². The molecular formula is C22H17F2NO4. The van der Waals surface area contributed by atoms with Crippen molar-refractivity contribution in [3.8, 4) is 0 Å². The summed E-state index contributed by atoms with van der Waals surface area (Å²) in [4.78, 5) is 24.8. The first-order valence-corrected chi connectivity index (χ1v) is 8.67. The van der Waals surface area contributed by atoms with E-state index in [1.165, 1.54) is 0 Å². The Kier molecular flexibility index (Phi) is 5.99. The standard InChI is InChI=1S/C22H17F2NO4/c23-17-11-12-19(18(24)13-17)25-20(26)14-29-21(27)22(28,15-7-3-1-4-8-15)16-9-5-2-6-10-16/h1-13,28H,14H2,(H,25,26). The summed E-state index contributed by atoms with van der Waals surface area (Å²) in [6.45, 7) is -0.766. The summed E-state index contributed by atoms with van der Waals surface area (Å²) in [6.07, 6.45) is 0. The van der Waals surface area contributed by atoms with E-state index in [2.05, 4.69) is 5.32 Å². The van der Waals surface area contributed by atoms with Gasteiger partial charge in [-0.1, -0.05) is 60.7 Å². The first-order chi connectivity index (χ1) is 13.9. The van der Waals surface area contributed by atoms with Crippen LogP contribution in [0, 0.1) is 11.6 Å². The van der Waals surface area contributed by atoms with E-state index >= 15 is 0 Å². The van der Waals surface area contributed by atoms with E-state index in [1.54, 1.807) is 60.7 Å². The molecule has 0 bridgehead atoms. The number of carbonyl (C=O) groups excluding carboxylic acids is 2. The van der Waals surface area contributed by atoms with Gasteiger partial charge < -0.3 is 15.2 Å². The molecule has 0 aliphatic heterocycles. The fourth-order valence-electron chi connectivity index (χ4n) is 2.77. The van der Waals surface area contributed by atoms with Crippen molar-refractivity contribution < 1.29 is 28.2 Å². The second-order valence-electron chi connectivity index (χ2n) is 6.19. The Morgan fingerprint density at radius 2 is 1.45 bits per heavy atom. The van der Waals surface area contributed by atoms with Crippen LogP contribution in [-0.2, 0) is 19.9 Å². The van der Waals surface area contributed by atoms with Gasteiger partial charge in [-0.3, -0.25) is 4.79 Å². The van der Waals surface area contributed by atoms with E-state index in [-0.39, 0.29) is 16.8 Å². The maximum Gasteiger partial charge on any atom is 0.348 e. The molecule has 0 atom stereocenters. The number of hydrogen-bond donors (Lipinski definition) is 2. The number of esters is 1. The van der Waals surface area contributed by atoms with Crippen LogP contribution in [0.15, 0.2) is 78.9 Å². The van der Waals surface area contributed by atoms with Crippen LogP contribution in [0.3, 0.4) is 0 Å². The van der Waals surface area contributed by atoms with Crippen LogP contribution in [0.5, 0.6) is 0 Å².